The number of ether oxygens (including phenoxy) is 2. The smallest absolute Gasteiger partial charge is 0.227 e. The summed E-state index contributed by atoms with van der Waals surface area (Å²) in [7, 11) is 0. The molecule has 2 aliphatic rings. The van der Waals surface area contributed by atoms with Gasteiger partial charge in [-0.25, -0.2) is 4.68 Å². The van der Waals surface area contributed by atoms with E-state index in [0.717, 1.165) is 79.4 Å². The lowest BCUT2D eigenvalue weighted by molar-refractivity contribution is 0.0673. The minimum absolute atomic E-state index is 0.250. The van der Waals surface area contributed by atoms with Crippen LogP contribution in [0.5, 0.6) is 5.75 Å². The number of H-pyrrole nitrogens is 1. The summed E-state index contributed by atoms with van der Waals surface area (Å²) in [4.78, 5) is 9.64. The first-order valence-corrected chi connectivity index (χ1v) is 12.1. The van der Waals surface area contributed by atoms with Crippen LogP contribution in [-0.4, -0.2) is 56.3 Å². The SMILES string of the molecule is Cc1cc(Nc2nc(NCc3ccc4c(c3)NCCCO4)nc3c2cnn3C2CCOCC2)n[nH]1. The number of nitrogens with zero attached hydrogens (tertiary/aromatic N) is 5. The Morgan fingerprint density at radius 1 is 1.14 bits per heavy atom. The Morgan fingerprint density at radius 3 is 2.91 bits per heavy atom. The van der Waals surface area contributed by atoms with E-state index >= 15 is 0 Å². The van der Waals surface area contributed by atoms with Gasteiger partial charge in [0.15, 0.2) is 11.5 Å². The van der Waals surface area contributed by atoms with Gasteiger partial charge in [0.2, 0.25) is 5.95 Å². The van der Waals surface area contributed by atoms with Crippen LogP contribution in [0.4, 0.5) is 23.3 Å². The second-order valence-electron chi connectivity index (χ2n) is 8.94. The Kier molecular flexibility index (Phi) is 5.83. The quantitative estimate of drug-likeness (QED) is 0.330. The largest absolute Gasteiger partial charge is 0.491 e. The zero-order chi connectivity index (χ0) is 23.6. The maximum absolute atomic E-state index is 5.81. The van der Waals surface area contributed by atoms with Crippen molar-refractivity contribution in [1.29, 1.82) is 0 Å². The average Bonchev–Trinajstić information content (AvgIpc) is 3.42. The Labute approximate surface area is 202 Å². The normalized spacial score (nSPS) is 16.3. The average molecular weight is 476 g/mol. The number of hydrogen-bond donors (Lipinski definition) is 4. The molecule has 0 bridgehead atoms. The van der Waals surface area contributed by atoms with Gasteiger partial charge >= 0.3 is 0 Å². The van der Waals surface area contributed by atoms with E-state index in [1.54, 1.807) is 0 Å². The van der Waals surface area contributed by atoms with E-state index in [1.165, 1.54) is 0 Å². The first kappa shape index (κ1) is 21.7. The van der Waals surface area contributed by atoms with E-state index < -0.39 is 0 Å². The maximum Gasteiger partial charge on any atom is 0.227 e. The molecule has 0 atom stereocenters. The molecule has 4 N–H and O–H groups in total. The minimum atomic E-state index is 0.250. The number of aromatic amines is 1. The van der Waals surface area contributed by atoms with Crippen LogP contribution in [0.3, 0.4) is 0 Å². The van der Waals surface area contributed by atoms with Crippen molar-refractivity contribution in [3.63, 3.8) is 0 Å². The lowest BCUT2D eigenvalue weighted by Gasteiger charge is -2.22. The van der Waals surface area contributed by atoms with Gasteiger partial charge in [-0.1, -0.05) is 6.07 Å². The lowest BCUT2D eigenvalue weighted by atomic mass is 10.1. The van der Waals surface area contributed by atoms with Crippen molar-refractivity contribution in [1.82, 2.24) is 29.9 Å². The first-order chi connectivity index (χ1) is 17.2. The van der Waals surface area contributed by atoms with Gasteiger partial charge in [-0.3, -0.25) is 5.10 Å². The summed E-state index contributed by atoms with van der Waals surface area (Å²) >= 11 is 0. The van der Waals surface area contributed by atoms with Gasteiger partial charge in [0.05, 0.1) is 29.9 Å². The van der Waals surface area contributed by atoms with E-state index in [1.807, 2.05) is 29.9 Å². The van der Waals surface area contributed by atoms with Crippen LogP contribution in [0.2, 0.25) is 0 Å². The molecule has 1 saturated heterocycles. The summed E-state index contributed by atoms with van der Waals surface area (Å²) in [6.07, 6.45) is 4.64. The van der Waals surface area contributed by atoms with Crippen LogP contribution in [0.25, 0.3) is 11.0 Å². The number of anilines is 4. The van der Waals surface area contributed by atoms with Gasteiger partial charge in [0.1, 0.15) is 11.6 Å². The van der Waals surface area contributed by atoms with Gasteiger partial charge in [0.25, 0.3) is 0 Å². The molecule has 0 saturated carbocycles. The molecule has 6 rings (SSSR count). The van der Waals surface area contributed by atoms with Gasteiger partial charge < -0.3 is 25.4 Å². The van der Waals surface area contributed by atoms with Crippen LogP contribution in [0.15, 0.2) is 30.5 Å². The highest BCUT2D eigenvalue weighted by Crippen LogP contribution is 2.31. The molecule has 35 heavy (non-hydrogen) atoms. The summed E-state index contributed by atoms with van der Waals surface area (Å²) < 4.78 is 13.4. The van der Waals surface area contributed by atoms with Gasteiger partial charge in [-0.05, 0) is 43.9 Å². The molecule has 1 fully saturated rings. The molecule has 0 radical (unpaired) electrons. The predicted octanol–water partition coefficient (Wildman–Crippen LogP) is 3.76. The second-order valence-corrected chi connectivity index (χ2v) is 8.94. The van der Waals surface area contributed by atoms with Crippen molar-refractivity contribution < 1.29 is 9.47 Å². The molecule has 3 aromatic heterocycles. The molecule has 0 unspecified atom stereocenters. The van der Waals surface area contributed by atoms with Crippen molar-refractivity contribution in [3.05, 3.63) is 41.7 Å². The minimum Gasteiger partial charge on any atom is -0.491 e. The lowest BCUT2D eigenvalue weighted by Crippen LogP contribution is -2.21. The Hall–Kier alpha value is -3.86. The summed E-state index contributed by atoms with van der Waals surface area (Å²) in [5.41, 5.74) is 3.89. The zero-order valence-electron chi connectivity index (χ0n) is 19.7. The monoisotopic (exact) mass is 475 g/mol. The van der Waals surface area contributed by atoms with Crippen molar-refractivity contribution in [2.45, 2.75) is 38.8 Å². The number of benzene rings is 1. The maximum atomic E-state index is 5.81. The van der Waals surface area contributed by atoms with Gasteiger partial charge in [-0.2, -0.15) is 20.2 Å². The van der Waals surface area contributed by atoms with Crippen LogP contribution >= 0.6 is 0 Å². The molecule has 0 aliphatic carbocycles. The molecule has 11 nitrogen and oxygen atoms in total. The third kappa shape index (κ3) is 4.59. The van der Waals surface area contributed by atoms with Crippen molar-refractivity contribution in [3.8, 4) is 5.75 Å². The summed E-state index contributed by atoms with van der Waals surface area (Å²) in [5, 5.41) is 23.0. The molecular weight excluding hydrogens is 446 g/mol. The number of aromatic nitrogens is 6. The van der Waals surface area contributed by atoms with E-state index in [0.29, 0.717) is 24.1 Å². The topological polar surface area (TPSA) is 127 Å². The number of nitrogens with one attached hydrogen (secondary N) is 4. The molecule has 4 aromatic rings. The molecule has 5 heterocycles. The second kappa shape index (κ2) is 9.41. The predicted molar refractivity (Wildman–Crippen MR) is 133 cm³/mol. The summed E-state index contributed by atoms with van der Waals surface area (Å²) in [5.74, 6) is 2.79. The van der Waals surface area contributed by atoms with E-state index in [-0.39, 0.29) is 6.04 Å². The zero-order valence-corrected chi connectivity index (χ0v) is 19.7. The third-order valence-corrected chi connectivity index (χ3v) is 6.33. The first-order valence-electron chi connectivity index (χ1n) is 12.1. The highest BCUT2D eigenvalue weighted by atomic mass is 16.5. The number of rotatable bonds is 6. The molecule has 11 heteroatoms. The number of aryl methyl sites for hydroxylation is 1. The fourth-order valence-corrected chi connectivity index (χ4v) is 4.51. The molecule has 182 valence electrons. The molecule has 2 aliphatic heterocycles. The van der Waals surface area contributed by atoms with Crippen LogP contribution < -0.4 is 20.7 Å². The number of hydrogen-bond acceptors (Lipinski definition) is 9. The molecule has 0 amide bonds. The van der Waals surface area contributed by atoms with E-state index in [4.69, 9.17) is 19.4 Å². The van der Waals surface area contributed by atoms with Crippen molar-refractivity contribution in [2.24, 2.45) is 0 Å². The fourth-order valence-electron chi connectivity index (χ4n) is 4.51. The molecule has 1 aromatic carbocycles. The van der Waals surface area contributed by atoms with Crippen molar-refractivity contribution in [2.75, 3.05) is 42.3 Å². The van der Waals surface area contributed by atoms with E-state index in [2.05, 4.69) is 43.4 Å². The summed E-state index contributed by atoms with van der Waals surface area (Å²) in [6.45, 7) is 5.64. The fraction of sp³-hybridized carbons (Fsp3) is 0.417. The Bertz CT molecular complexity index is 1330. The van der Waals surface area contributed by atoms with Crippen LogP contribution in [0.1, 0.15) is 36.6 Å². The van der Waals surface area contributed by atoms with Gasteiger partial charge in [0, 0.05) is 38.1 Å². The highest BCUT2D eigenvalue weighted by molar-refractivity contribution is 5.89. The van der Waals surface area contributed by atoms with Crippen LogP contribution in [-0.2, 0) is 11.3 Å². The Balaban J connectivity index is 1.31. The van der Waals surface area contributed by atoms with E-state index in [9.17, 15) is 0 Å². The molecular formula is C24H29N9O2. The summed E-state index contributed by atoms with van der Waals surface area (Å²) in [6, 6.07) is 8.39. The Morgan fingerprint density at radius 2 is 2.06 bits per heavy atom. The van der Waals surface area contributed by atoms with Crippen LogP contribution in [0, 0.1) is 6.92 Å². The highest BCUT2D eigenvalue weighted by Gasteiger charge is 2.22. The third-order valence-electron chi connectivity index (χ3n) is 6.33. The van der Waals surface area contributed by atoms with Gasteiger partial charge in [-0.15, -0.1) is 0 Å². The number of fused-ring (bicyclic) bond motifs is 2. The standard InChI is InChI=1S/C24H29N9O2/c1-15-11-21(32-31-15)28-22-18-14-27-33(17-5-9-34-10-6-17)23(18)30-24(29-22)26-13-16-3-4-20-19(12-16)25-7-2-8-35-20/h3-4,11-12,14,17,25H,2,5-10,13H2,1H3,(H3,26,28,29,30,31,32). The molecule has 0 spiro atoms. The van der Waals surface area contributed by atoms with Crippen molar-refractivity contribution >= 4 is 34.3 Å².